The number of aliphatic hydroxyl groups excluding tert-OH is 1. The second-order valence-corrected chi connectivity index (χ2v) is 12.3. The van der Waals surface area contributed by atoms with Crippen LogP contribution in [-0.2, 0) is 32.1 Å². The van der Waals surface area contributed by atoms with Crippen molar-refractivity contribution in [3.8, 4) is 5.75 Å². The van der Waals surface area contributed by atoms with Gasteiger partial charge in [0.1, 0.15) is 5.75 Å². The molecule has 1 heterocycles. The Balaban J connectivity index is 1.41. The molecule has 216 valence electrons. The minimum Gasteiger partial charge on any atom is -0.507 e. The van der Waals surface area contributed by atoms with Crippen LogP contribution < -0.4 is 5.73 Å². The molecular formula is C30H33N3O8. The number of likely N-dealkylation sites (N-methyl/N-ethyl adjacent to an activating group) is 1. The van der Waals surface area contributed by atoms with Crippen LogP contribution in [0.5, 0.6) is 5.75 Å². The van der Waals surface area contributed by atoms with E-state index in [4.69, 9.17) is 5.73 Å². The first kappa shape index (κ1) is 27.6. The molecule has 2 saturated carbocycles. The number of ketones is 4. The Labute approximate surface area is 235 Å². The van der Waals surface area contributed by atoms with Crippen LogP contribution in [0.2, 0.25) is 0 Å². The van der Waals surface area contributed by atoms with Crippen molar-refractivity contribution in [2.75, 3.05) is 27.2 Å². The molecule has 0 aromatic heterocycles. The highest BCUT2D eigenvalue weighted by Crippen LogP contribution is 2.51. The van der Waals surface area contributed by atoms with Gasteiger partial charge in [0, 0.05) is 30.9 Å². The predicted molar refractivity (Wildman–Crippen MR) is 145 cm³/mol. The van der Waals surface area contributed by atoms with Crippen molar-refractivity contribution in [3.63, 3.8) is 0 Å². The number of hydrogen-bond donors (Lipinski definition) is 4. The van der Waals surface area contributed by atoms with E-state index < -0.39 is 64.4 Å². The van der Waals surface area contributed by atoms with E-state index in [0.717, 1.165) is 17.5 Å². The van der Waals surface area contributed by atoms with E-state index in [1.165, 1.54) is 4.90 Å². The lowest BCUT2D eigenvalue weighted by molar-refractivity contribution is -0.181. The third-order valence-electron chi connectivity index (χ3n) is 9.58. The van der Waals surface area contributed by atoms with Crippen molar-refractivity contribution in [2.45, 2.75) is 43.6 Å². The number of aromatic hydroxyl groups is 1. The smallest absolute Gasteiger partial charge is 0.235 e. The number of phenols is 1. The lowest BCUT2D eigenvalue weighted by Crippen LogP contribution is -2.74. The molecule has 11 heteroatoms. The van der Waals surface area contributed by atoms with Gasteiger partial charge in [-0.05, 0) is 61.9 Å². The maximum absolute atomic E-state index is 14.0. The number of carbonyl (C=O) groups excluding carboxylic acids is 5. The lowest BCUT2D eigenvalue weighted by atomic mass is 9.52. The molecule has 3 fully saturated rings. The van der Waals surface area contributed by atoms with E-state index in [1.54, 1.807) is 20.2 Å². The Bertz CT molecular complexity index is 1540. The second-order valence-electron chi connectivity index (χ2n) is 12.3. The first-order valence-electron chi connectivity index (χ1n) is 13.9. The van der Waals surface area contributed by atoms with Crippen LogP contribution in [0, 0.1) is 23.7 Å². The van der Waals surface area contributed by atoms with E-state index >= 15 is 0 Å². The Morgan fingerprint density at radius 1 is 1.15 bits per heavy atom. The number of aliphatic hydroxyl groups is 2. The number of rotatable bonds is 4. The van der Waals surface area contributed by atoms with Gasteiger partial charge in [-0.15, -0.1) is 0 Å². The molecular weight excluding hydrogens is 530 g/mol. The average molecular weight is 564 g/mol. The molecule has 6 rings (SSSR count). The van der Waals surface area contributed by atoms with Gasteiger partial charge in [0.2, 0.25) is 5.91 Å². The zero-order valence-corrected chi connectivity index (χ0v) is 22.9. The number of β-amino-alcohol motifs (C(OH)–C–C–N with tert-alkyl or cyclic N) is 1. The average Bonchev–Trinajstić information content (AvgIpc) is 3.30. The number of benzene rings is 2. The molecule has 2 aromatic carbocycles. The molecule has 1 aliphatic heterocycles. The Kier molecular flexibility index (Phi) is 6.42. The zero-order valence-electron chi connectivity index (χ0n) is 22.9. The van der Waals surface area contributed by atoms with E-state index in [9.17, 15) is 39.3 Å². The fourth-order valence-corrected chi connectivity index (χ4v) is 7.73. The molecule has 4 aliphatic rings. The van der Waals surface area contributed by atoms with Gasteiger partial charge in [0.25, 0.3) is 0 Å². The number of fused-ring (bicyclic) bond motifs is 4. The Morgan fingerprint density at radius 3 is 2.51 bits per heavy atom. The molecule has 1 saturated heterocycles. The molecule has 41 heavy (non-hydrogen) atoms. The summed E-state index contributed by atoms with van der Waals surface area (Å²) in [7, 11) is 3.11. The highest BCUT2D eigenvalue weighted by atomic mass is 16.3. The van der Waals surface area contributed by atoms with E-state index in [2.05, 4.69) is 4.90 Å². The standard InChI is InChI=1S/C30H33N3O8/c1-32(2)23-19-10-16-9-15-8-14-4-3-13(11-33-6-5-17(34)12-33)7-18(14)24(35)20(15)25(36)21(16)27(38)30(19,41)28(39)22(26(23)37)29(31)40/h3-4,7-8,16-17,19,21-23,34-35,41H,5-6,9-12H2,1-2H3,(H2,31,40)/t16-,17+,19-,21?,22?,23-,30-/m0/s1. The molecule has 0 radical (unpaired) electrons. The quantitative estimate of drug-likeness (QED) is 0.357. The third-order valence-corrected chi connectivity index (χ3v) is 9.58. The van der Waals surface area contributed by atoms with Gasteiger partial charge in [-0.1, -0.05) is 18.2 Å². The molecule has 2 unspecified atom stereocenters. The number of nitrogens with two attached hydrogens (primary N) is 1. The van der Waals surface area contributed by atoms with Crippen molar-refractivity contribution in [1.29, 1.82) is 0 Å². The summed E-state index contributed by atoms with van der Waals surface area (Å²) in [6.45, 7) is 1.86. The number of amides is 1. The molecule has 1 amide bonds. The minimum absolute atomic E-state index is 0.0159. The number of phenolic OH excluding ortho intramolecular Hbond substituents is 1. The summed E-state index contributed by atoms with van der Waals surface area (Å²) < 4.78 is 0. The van der Waals surface area contributed by atoms with Crippen molar-refractivity contribution in [2.24, 2.45) is 29.4 Å². The van der Waals surface area contributed by atoms with E-state index in [0.29, 0.717) is 30.5 Å². The topological polar surface area (TPSA) is 179 Å². The van der Waals surface area contributed by atoms with Gasteiger partial charge in [0.15, 0.2) is 34.7 Å². The fourth-order valence-electron chi connectivity index (χ4n) is 7.73. The summed E-state index contributed by atoms with van der Waals surface area (Å²) in [6.07, 6.45) is 0.562. The van der Waals surface area contributed by atoms with Gasteiger partial charge < -0.3 is 21.1 Å². The van der Waals surface area contributed by atoms with Crippen molar-refractivity contribution in [3.05, 3.63) is 41.0 Å². The maximum atomic E-state index is 14.0. The highest BCUT2D eigenvalue weighted by Gasteiger charge is 2.69. The van der Waals surface area contributed by atoms with Crippen LogP contribution in [0.15, 0.2) is 24.3 Å². The fraction of sp³-hybridized carbons (Fsp3) is 0.500. The van der Waals surface area contributed by atoms with Crippen LogP contribution in [0.1, 0.15) is 34.3 Å². The van der Waals surface area contributed by atoms with E-state index in [-0.39, 0.29) is 30.3 Å². The predicted octanol–water partition coefficient (Wildman–Crippen LogP) is -0.413. The van der Waals surface area contributed by atoms with Crippen LogP contribution in [0.25, 0.3) is 10.8 Å². The monoisotopic (exact) mass is 563 g/mol. The molecule has 2 aromatic rings. The number of carbonyl (C=O) groups is 5. The van der Waals surface area contributed by atoms with Crippen LogP contribution in [-0.4, -0.2) is 99.1 Å². The van der Waals surface area contributed by atoms with Gasteiger partial charge in [-0.3, -0.25) is 33.8 Å². The second kappa shape index (κ2) is 9.52. The van der Waals surface area contributed by atoms with Gasteiger partial charge in [-0.25, -0.2) is 0 Å². The number of nitrogens with zero attached hydrogens (tertiary/aromatic N) is 2. The van der Waals surface area contributed by atoms with Gasteiger partial charge >= 0.3 is 0 Å². The maximum Gasteiger partial charge on any atom is 0.235 e. The molecule has 7 atom stereocenters. The summed E-state index contributed by atoms with van der Waals surface area (Å²) in [4.78, 5) is 70.2. The van der Waals surface area contributed by atoms with Crippen LogP contribution in [0.3, 0.4) is 0 Å². The number of likely N-dealkylation sites (tertiary alicyclic amines) is 1. The Morgan fingerprint density at radius 2 is 1.88 bits per heavy atom. The first-order chi connectivity index (χ1) is 19.3. The minimum atomic E-state index is -2.74. The van der Waals surface area contributed by atoms with E-state index in [1.807, 2.05) is 18.2 Å². The zero-order chi connectivity index (χ0) is 29.5. The third kappa shape index (κ3) is 3.98. The highest BCUT2D eigenvalue weighted by molar-refractivity contribution is 6.32. The lowest BCUT2D eigenvalue weighted by Gasteiger charge is -2.52. The summed E-state index contributed by atoms with van der Waals surface area (Å²) in [5.41, 5.74) is 4.05. The molecule has 0 bridgehead atoms. The van der Waals surface area contributed by atoms with Crippen LogP contribution >= 0.6 is 0 Å². The summed E-state index contributed by atoms with van der Waals surface area (Å²) in [5.74, 6) is -10.5. The normalized spacial score (nSPS) is 33.7. The summed E-state index contributed by atoms with van der Waals surface area (Å²) in [6, 6.07) is 6.28. The first-order valence-corrected chi connectivity index (χ1v) is 13.9. The van der Waals surface area contributed by atoms with Crippen molar-refractivity contribution in [1.82, 2.24) is 9.80 Å². The summed E-state index contributed by atoms with van der Waals surface area (Å²) >= 11 is 0. The Hall–Kier alpha value is -3.51. The SMILES string of the molecule is CN(C)[C@@H]1C(=O)C(C(N)=O)C(=O)[C@@]2(O)C(=O)C3C(=O)c4c(cc5ccc(CN6CC[C@@H](O)C6)cc5c4O)C[C@H]3C[C@@H]12. The molecule has 0 spiro atoms. The molecule has 3 aliphatic carbocycles. The van der Waals surface area contributed by atoms with Crippen molar-refractivity contribution >= 4 is 39.8 Å². The number of primary amides is 1. The number of hydrogen-bond acceptors (Lipinski definition) is 10. The largest absolute Gasteiger partial charge is 0.507 e. The van der Waals surface area contributed by atoms with Crippen molar-refractivity contribution < 1.29 is 39.3 Å². The van der Waals surface area contributed by atoms with Gasteiger partial charge in [-0.2, -0.15) is 0 Å². The molecule has 11 nitrogen and oxygen atoms in total. The number of Topliss-reactive ketones (excluding diaryl/α,β-unsaturated/α-hetero) is 4. The summed E-state index contributed by atoms with van der Waals surface area (Å²) in [5, 5.41) is 34.1. The van der Waals surface area contributed by atoms with Crippen LogP contribution in [0.4, 0.5) is 0 Å². The molecule has 5 N–H and O–H groups in total. The van der Waals surface area contributed by atoms with Gasteiger partial charge in [0.05, 0.1) is 23.6 Å².